The van der Waals surface area contributed by atoms with Crippen molar-refractivity contribution in [3.8, 4) is 11.1 Å². The lowest BCUT2D eigenvalue weighted by Crippen LogP contribution is -2.04. The van der Waals surface area contributed by atoms with E-state index in [1.54, 1.807) is 18.3 Å². The van der Waals surface area contributed by atoms with Crippen LogP contribution >= 0.6 is 0 Å². The number of benzene rings is 1. The number of halogens is 3. The lowest BCUT2D eigenvalue weighted by molar-refractivity contribution is -0.140. The summed E-state index contributed by atoms with van der Waals surface area (Å²) in [6, 6.07) is 12.8. The number of pyridine rings is 1. The summed E-state index contributed by atoms with van der Waals surface area (Å²) in [5, 5.41) is 0. The largest absolute Gasteiger partial charge is 0.434 e. The molecule has 3 aromatic rings. The molecule has 0 atom stereocenters. The Labute approximate surface area is 107 Å². The van der Waals surface area contributed by atoms with Crippen molar-refractivity contribution >= 4 is 5.65 Å². The predicted octanol–water partition coefficient (Wildman–Crippen LogP) is 4.02. The number of fused-ring (bicyclic) bond motifs is 1. The third-order valence-electron chi connectivity index (χ3n) is 2.85. The normalized spacial score (nSPS) is 11.9. The zero-order valence-corrected chi connectivity index (χ0v) is 9.72. The molecule has 2 aromatic heterocycles. The highest BCUT2D eigenvalue weighted by Gasteiger charge is 2.33. The molecule has 0 aliphatic carbocycles. The minimum Gasteiger partial charge on any atom is -0.306 e. The summed E-state index contributed by atoms with van der Waals surface area (Å²) in [7, 11) is 0. The van der Waals surface area contributed by atoms with Crippen molar-refractivity contribution in [1.29, 1.82) is 0 Å². The monoisotopic (exact) mass is 262 g/mol. The molecule has 0 aliphatic rings. The quantitative estimate of drug-likeness (QED) is 0.647. The Morgan fingerprint density at radius 3 is 2.26 bits per heavy atom. The zero-order chi connectivity index (χ0) is 13.5. The maximum atomic E-state index is 12.6. The summed E-state index contributed by atoms with van der Waals surface area (Å²) in [6.45, 7) is 0. The average Bonchev–Trinajstić information content (AvgIpc) is 2.82. The first-order valence-electron chi connectivity index (χ1n) is 5.65. The molecule has 0 unspecified atom stereocenters. The molecule has 0 saturated carbocycles. The number of rotatable bonds is 1. The van der Waals surface area contributed by atoms with Gasteiger partial charge < -0.3 is 4.40 Å². The van der Waals surface area contributed by atoms with Gasteiger partial charge in [0, 0.05) is 12.4 Å². The van der Waals surface area contributed by atoms with Gasteiger partial charge in [-0.05, 0) is 23.3 Å². The molecule has 0 bridgehead atoms. The van der Waals surface area contributed by atoms with Gasteiger partial charge in [-0.2, -0.15) is 13.2 Å². The van der Waals surface area contributed by atoms with E-state index in [1.165, 1.54) is 4.40 Å². The fourth-order valence-electron chi connectivity index (χ4n) is 1.93. The number of nitrogens with zero attached hydrogens (tertiary/aromatic N) is 2. The van der Waals surface area contributed by atoms with Gasteiger partial charge in [0.2, 0.25) is 0 Å². The number of hydrogen-bond donors (Lipinski definition) is 0. The Morgan fingerprint density at radius 1 is 0.842 bits per heavy atom. The highest BCUT2D eigenvalue weighted by Crippen LogP contribution is 2.29. The van der Waals surface area contributed by atoms with Gasteiger partial charge in [0.25, 0.3) is 0 Å². The highest BCUT2D eigenvalue weighted by atomic mass is 19.4. The SMILES string of the molecule is FC(F)(F)c1cn2cc(-c3ccccc3)ccc2n1. The molecular weight excluding hydrogens is 253 g/mol. The van der Waals surface area contributed by atoms with Gasteiger partial charge in [-0.15, -0.1) is 0 Å². The van der Waals surface area contributed by atoms with Gasteiger partial charge in [-0.1, -0.05) is 30.3 Å². The van der Waals surface area contributed by atoms with Gasteiger partial charge in [-0.3, -0.25) is 0 Å². The first-order valence-corrected chi connectivity index (χ1v) is 5.65. The summed E-state index contributed by atoms with van der Waals surface area (Å²) >= 11 is 0. The molecule has 0 aliphatic heterocycles. The molecule has 3 rings (SSSR count). The first kappa shape index (κ1) is 11.8. The van der Waals surface area contributed by atoms with Crippen LogP contribution in [0.15, 0.2) is 54.9 Å². The maximum Gasteiger partial charge on any atom is 0.434 e. The smallest absolute Gasteiger partial charge is 0.306 e. The molecule has 96 valence electrons. The van der Waals surface area contributed by atoms with Crippen molar-refractivity contribution in [2.75, 3.05) is 0 Å². The van der Waals surface area contributed by atoms with Crippen molar-refractivity contribution in [2.45, 2.75) is 6.18 Å². The van der Waals surface area contributed by atoms with Crippen LogP contribution in [0.2, 0.25) is 0 Å². The number of aromatic nitrogens is 2. The summed E-state index contributed by atoms with van der Waals surface area (Å²) in [4.78, 5) is 3.56. The summed E-state index contributed by atoms with van der Waals surface area (Å²) < 4.78 is 39.1. The van der Waals surface area contributed by atoms with Crippen molar-refractivity contribution < 1.29 is 13.2 Å². The Hall–Kier alpha value is -2.30. The topological polar surface area (TPSA) is 17.3 Å². The van der Waals surface area contributed by atoms with E-state index in [2.05, 4.69) is 4.98 Å². The summed E-state index contributed by atoms with van der Waals surface area (Å²) in [5.74, 6) is 0. The van der Waals surface area contributed by atoms with Crippen molar-refractivity contribution in [3.05, 3.63) is 60.6 Å². The van der Waals surface area contributed by atoms with E-state index in [1.807, 2.05) is 30.3 Å². The fourth-order valence-corrected chi connectivity index (χ4v) is 1.93. The predicted molar refractivity (Wildman–Crippen MR) is 65.6 cm³/mol. The van der Waals surface area contributed by atoms with Crippen LogP contribution < -0.4 is 0 Å². The Kier molecular flexibility index (Phi) is 2.55. The molecule has 2 heterocycles. The van der Waals surface area contributed by atoms with Crippen LogP contribution in [0, 0.1) is 0 Å². The minimum atomic E-state index is -4.42. The number of alkyl halides is 3. The highest BCUT2D eigenvalue weighted by molar-refractivity contribution is 5.64. The number of hydrogen-bond acceptors (Lipinski definition) is 1. The molecule has 0 amide bonds. The van der Waals surface area contributed by atoms with E-state index in [-0.39, 0.29) is 5.65 Å². The molecule has 19 heavy (non-hydrogen) atoms. The van der Waals surface area contributed by atoms with E-state index < -0.39 is 11.9 Å². The van der Waals surface area contributed by atoms with Gasteiger partial charge in [0.05, 0.1) is 0 Å². The molecule has 0 fully saturated rings. The van der Waals surface area contributed by atoms with Crippen LogP contribution in [0.3, 0.4) is 0 Å². The molecule has 2 nitrogen and oxygen atoms in total. The molecule has 0 N–H and O–H groups in total. The average molecular weight is 262 g/mol. The Morgan fingerprint density at radius 2 is 1.58 bits per heavy atom. The lowest BCUT2D eigenvalue weighted by Gasteiger charge is -2.01. The third-order valence-corrected chi connectivity index (χ3v) is 2.85. The lowest BCUT2D eigenvalue weighted by atomic mass is 10.1. The second kappa shape index (κ2) is 4.12. The van der Waals surface area contributed by atoms with Crippen LogP contribution in [-0.2, 0) is 6.18 Å². The second-order valence-corrected chi connectivity index (χ2v) is 4.17. The van der Waals surface area contributed by atoms with Gasteiger partial charge >= 0.3 is 6.18 Å². The van der Waals surface area contributed by atoms with Crippen LogP contribution in [0.4, 0.5) is 13.2 Å². The van der Waals surface area contributed by atoms with Crippen molar-refractivity contribution in [1.82, 2.24) is 9.38 Å². The van der Waals surface area contributed by atoms with E-state index in [0.29, 0.717) is 0 Å². The standard InChI is InChI=1S/C14H9F3N2/c15-14(16,17)12-9-19-8-11(6-7-13(19)18-12)10-4-2-1-3-5-10/h1-9H. The molecule has 0 saturated heterocycles. The van der Waals surface area contributed by atoms with E-state index in [0.717, 1.165) is 17.3 Å². The first-order chi connectivity index (χ1) is 9.04. The van der Waals surface area contributed by atoms with Gasteiger partial charge in [-0.25, -0.2) is 4.98 Å². The van der Waals surface area contributed by atoms with Gasteiger partial charge in [0.1, 0.15) is 5.65 Å². The van der Waals surface area contributed by atoms with E-state index >= 15 is 0 Å². The second-order valence-electron chi connectivity index (χ2n) is 4.17. The fraction of sp³-hybridized carbons (Fsp3) is 0.0714. The van der Waals surface area contributed by atoms with Crippen molar-refractivity contribution in [2.24, 2.45) is 0 Å². The number of imidazole rings is 1. The molecule has 5 heteroatoms. The Bertz CT molecular complexity index is 714. The molecule has 0 radical (unpaired) electrons. The van der Waals surface area contributed by atoms with Crippen LogP contribution in [0.25, 0.3) is 16.8 Å². The van der Waals surface area contributed by atoms with Crippen LogP contribution in [-0.4, -0.2) is 9.38 Å². The molecule has 0 spiro atoms. The van der Waals surface area contributed by atoms with Crippen LogP contribution in [0.1, 0.15) is 5.69 Å². The minimum absolute atomic E-state index is 0.284. The maximum absolute atomic E-state index is 12.6. The van der Waals surface area contributed by atoms with Crippen molar-refractivity contribution in [3.63, 3.8) is 0 Å². The Balaban J connectivity index is 2.11. The molecule has 1 aromatic carbocycles. The zero-order valence-electron chi connectivity index (χ0n) is 9.72. The van der Waals surface area contributed by atoms with E-state index in [9.17, 15) is 13.2 Å². The summed E-state index contributed by atoms with van der Waals surface area (Å²) in [5.41, 5.74) is 1.20. The third kappa shape index (κ3) is 2.19. The molecular formula is C14H9F3N2. The summed E-state index contributed by atoms with van der Waals surface area (Å²) in [6.07, 6.45) is -1.77. The van der Waals surface area contributed by atoms with Gasteiger partial charge in [0.15, 0.2) is 5.69 Å². The van der Waals surface area contributed by atoms with Crippen LogP contribution in [0.5, 0.6) is 0 Å². The van der Waals surface area contributed by atoms with E-state index in [4.69, 9.17) is 0 Å².